The summed E-state index contributed by atoms with van der Waals surface area (Å²) < 4.78 is 28.2. The van der Waals surface area contributed by atoms with Gasteiger partial charge in [-0.05, 0) is 31.0 Å². The Morgan fingerprint density at radius 1 is 1.33 bits per heavy atom. The predicted molar refractivity (Wildman–Crippen MR) is 91.8 cm³/mol. The van der Waals surface area contributed by atoms with Crippen molar-refractivity contribution in [1.29, 1.82) is 10.5 Å². The summed E-state index contributed by atoms with van der Waals surface area (Å²) in [5.74, 6) is 0. The van der Waals surface area contributed by atoms with Crippen LogP contribution in [-0.4, -0.2) is 27.5 Å². The number of nitrogens with one attached hydrogen (secondary N) is 1. The lowest BCUT2D eigenvalue weighted by Gasteiger charge is -2.28. The molecule has 0 aromatic heterocycles. The van der Waals surface area contributed by atoms with Gasteiger partial charge in [-0.3, -0.25) is 0 Å². The number of hydrogen-bond acceptors (Lipinski definition) is 5. The van der Waals surface area contributed by atoms with Crippen molar-refractivity contribution in [2.45, 2.75) is 37.1 Å². The zero-order chi connectivity index (χ0) is 17.6. The SMILES string of the molecule is CCC(CC#N)NS(=O)(=O)c1ccc(C#N)cc1N1CC=CCC1. The highest BCUT2D eigenvalue weighted by Crippen LogP contribution is 2.28. The molecule has 1 N–H and O–H groups in total. The molecule has 0 saturated heterocycles. The Morgan fingerprint density at radius 2 is 2.12 bits per heavy atom. The molecule has 0 radical (unpaired) electrons. The van der Waals surface area contributed by atoms with Crippen molar-refractivity contribution < 1.29 is 8.42 Å². The van der Waals surface area contributed by atoms with Gasteiger partial charge < -0.3 is 4.90 Å². The van der Waals surface area contributed by atoms with Crippen LogP contribution in [0.3, 0.4) is 0 Å². The highest BCUT2D eigenvalue weighted by molar-refractivity contribution is 7.89. The molecule has 2 rings (SSSR count). The second kappa shape index (κ2) is 7.96. The van der Waals surface area contributed by atoms with Gasteiger partial charge in [0.25, 0.3) is 0 Å². The van der Waals surface area contributed by atoms with Crippen molar-refractivity contribution in [1.82, 2.24) is 4.72 Å². The molecule has 1 aliphatic rings. The summed E-state index contributed by atoms with van der Waals surface area (Å²) in [4.78, 5) is 2.09. The van der Waals surface area contributed by atoms with Crippen molar-refractivity contribution in [2.75, 3.05) is 18.0 Å². The second-order valence-electron chi connectivity index (χ2n) is 5.59. The quantitative estimate of drug-likeness (QED) is 0.799. The average molecular weight is 344 g/mol. The van der Waals surface area contributed by atoms with E-state index in [-0.39, 0.29) is 11.3 Å². The first kappa shape index (κ1) is 18.0. The Hall–Kier alpha value is -2.35. The van der Waals surface area contributed by atoms with E-state index < -0.39 is 16.1 Å². The van der Waals surface area contributed by atoms with Crippen LogP contribution < -0.4 is 9.62 Å². The number of rotatable bonds is 6. The normalized spacial score (nSPS) is 15.5. The van der Waals surface area contributed by atoms with Gasteiger partial charge in [0, 0.05) is 19.1 Å². The molecule has 1 unspecified atom stereocenters. The first-order valence-electron chi connectivity index (χ1n) is 7.85. The van der Waals surface area contributed by atoms with Gasteiger partial charge >= 0.3 is 0 Å². The van der Waals surface area contributed by atoms with E-state index in [1.54, 1.807) is 6.07 Å². The van der Waals surface area contributed by atoms with Crippen LogP contribution in [0.1, 0.15) is 31.7 Å². The van der Waals surface area contributed by atoms with Gasteiger partial charge in [-0.25, -0.2) is 13.1 Å². The molecule has 6 nitrogen and oxygen atoms in total. The van der Waals surface area contributed by atoms with E-state index in [9.17, 15) is 8.42 Å². The fraction of sp³-hybridized carbons (Fsp3) is 0.412. The van der Waals surface area contributed by atoms with Gasteiger partial charge in [-0.1, -0.05) is 19.1 Å². The molecule has 0 fully saturated rings. The maximum atomic E-state index is 12.8. The molecule has 7 heteroatoms. The van der Waals surface area contributed by atoms with Crippen LogP contribution in [0.4, 0.5) is 5.69 Å². The Morgan fingerprint density at radius 3 is 2.71 bits per heavy atom. The van der Waals surface area contributed by atoms with Crippen LogP contribution in [0.25, 0.3) is 0 Å². The monoisotopic (exact) mass is 344 g/mol. The zero-order valence-corrected chi connectivity index (χ0v) is 14.4. The van der Waals surface area contributed by atoms with E-state index in [0.717, 1.165) is 6.42 Å². The van der Waals surface area contributed by atoms with E-state index in [1.807, 2.05) is 24.0 Å². The molecule has 0 aliphatic carbocycles. The molecule has 0 saturated carbocycles. The molecule has 1 aromatic rings. The lowest BCUT2D eigenvalue weighted by molar-refractivity contribution is 0.543. The van der Waals surface area contributed by atoms with Gasteiger partial charge in [-0.2, -0.15) is 10.5 Å². The van der Waals surface area contributed by atoms with Gasteiger partial charge in [0.15, 0.2) is 0 Å². The summed E-state index contributed by atoms with van der Waals surface area (Å²) in [6, 6.07) is 8.21. The van der Waals surface area contributed by atoms with Crippen LogP contribution in [0.5, 0.6) is 0 Å². The van der Waals surface area contributed by atoms with Crippen LogP contribution in [-0.2, 0) is 10.0 Å². The summed E-state index contributed by atoms with van der Waals surface area (Å²) in [6.07, 6.45) is 5.52. The molecule has 126 valence electrons. The van der Waals surface area contributed by atoms with Gasteiger partial charge in [0.1, 0.15) is 4.90 Å². The van der Waals surface area contributed by atoms with Gasteiger partial charge in [0.05, 0.1) is 29.8 Å². The van der Waals surface area contributed by atoms with Gasteiger partial charge in [-0.15, -0.1) is 0 Å². The standard InChI is InChI=1S/C17H20N4O2S/c1-2-15(8-9-18)20-24(22,23)17-7-6-14(13-19)12-16(17)21-10-4-3-5-11-21/h3-4,6-7,12,15,20H,2,5,8,10-11H2,1H3. The van der Waals surface area contributed by atoms with Crippen molar-refractivity contribution in [3.63, 3.8) is 0 Å². The zero-order valence-electron chi connectivity index (χ0n) is 13.6. The summed E-state index contributed by atoms with van der Waals surface area (Å²) >= 11 is 0. The number of nitrogens with zero attached hydrogens (tertiary/aromatic N) is 3. The molecule has 0 spiro atoms. The first-order chi connectivity index (χ1) is 11.5. The third-order valence-corrected chi connectivity index (χ3v) is 5.50. The second-order valence-corrected chi connectivity index (χ2v) is 7.27. The largest absolute Gasteiger partial charge is 0.366 e. The van der Waals surface area contributed by atoms with Crippen molar-refractivity contribution in [2.24, 2.45) is 0 Å². The fourth-order valence-corrected chi connectivity index (χ4v) is 4.11. The number of benzene rings is 1. The molecule has 0 amide bonds. The molecule has 1 heterocycles. The van der Waals surface area contributed by atoms with Crippen molar-refractivity contribution in [3.8, 4) is 12.1 Å². The minimum absolute atomic E-state index is 0.119. The highest BCUT2D eigenvalue weighted by atomic mass is 32.2. The Kier molecular flexibility index (Phi) is 5.97. The Bertz CT molecular complexity index is 803. The minimum Gasteiger partial charge on any atom is -0.366 e. The van der Waals surface area contributed by atoms with Crippen LogP contribution in [0, 0.1) is 22.7 Å². The topological polar surface area (TPSA) is 97.0 Å². The molecule has 1 aliphatic heterocycles. The molecule has 1 aromatic carbocycles. The van der Waals surface area contributed by atoms with Crippen LogP contribution >= 0.6 is 0 Å². The Labute approximate surface area is 143 Å². The number of anilines is 1. The average Bonchev–Trinajstić information content (AvgIpc) is 2.61. The third-order valence-electron chi connectivity index (χ3n) is 3.93. The maximum Gasteiger partial charge on any atom is 0.242 e. The third kappa shape index (κ3) is 4.14. The number of sulfonamides is 1. The summed E-state index contributed by atoms with van der Waals surface area (Å²) in [5.41, 5.74) is 0.945. The van der Waals surface area contributed by atoms with E-state index in [0.29, 0.717) is 30.8 Å². The minimum atomic E-state index is -3.78. The summed E-state index contributed by atoms with van der Waals surface area (Å²) in [6.45, 7) is 3.13. The summed E-state index contributed by atoms with van der Waals surface area (Å²) in [5, 5.41) is 17.9. The van der Waals surface area contributed by atoms with E-state index in [2.05, 4.69) is 16.9 Å². The van der Waals surface area contributed by atoms with Crippen LogP contribution in [0.2, 0.25) is 0 Å². The maximum absolute atomic E-state index is 12.8. The van der Waals surface area contributed by atoms with E-state index in [4.69, 9.17) is 10.5 Å². The molecular formula is C17H20N4O2S. The summed E-state index contributed by atoms with van der Waals surface area (Å²) in [7, 11) is -3.78. The van der Waals surface area contributed by atoms with Crippen LogP contribution in [0.15, 0.2) is 35.2 Å². The van der Waals surface area contributed by atoms with Crippen molar-refractivity contribution in [3.05, 3.63) is 35.9 Å². The smallest absolute Gasteiger partial charge is 0.242 e. The molecule has 1 atom stereocenters. The van der Waals surface area contributed by atoms with Crippen molar-refractivity contribution >= 4 is 15.7 Å². The molecule has 0 bridgehead atoms. The number of nitriles is 2. The fourth-order valence-electron chi connectivity index (χ4n) is 2.58. The highest BCUT2D eigenvalue weighted by Gasteiger charge is 2.25. The number of hydrogen-bond donors (Lipinski definition) is 1. The molecular weight excluding hydrogens is 324 g/mol. The lowest BCUT2D eigenvalue weighted by Crippen LogP contribution is -2.36. The lowest BCUT2D eigenvalue weighted by atomic mass is 10.1. The van der Waals surface area contributed by atoms with Gasteiger partial charge in [0.2, 0.25) is 10.0 Å². The molecule has 24 heavy (non-hydrogen) atoms. The van der Waals surface area contributed by atoms with E-state index in [1.165, 1.54) is 12.1 Å². The predicted octanol–water partition coefficient (Wildman–Crippen LogP) is 2.30. The van der Waals surface area contributed by atoms with E-state index >= 15 is 0 Å². The first-order valence-corrected chi connectivity index (χ1v) is 9.33. The Balaban J connectivity index is 2.43.